The zero-order chi connectivity index (χ0) is 17.3. The summed E-state index contributed by atoms with van der Waals surface area (Å²) in [4.78, 5) is 28.5. The molecule has 24 heavy (non-hydrogen) atoms. The molecule has 1 aromatic carbocycles. The van der Waals surface area contributed by atoms with Crippen LogP contribution >= 0.6 is 0 Å². The number of piperidine rings is 1. The van der Waals surface area contributed by atoms with E-state index < -0.39 is 11.9 Å². The van der Waals surface area contributed by atoms with Gasteiger partial charge in [-0.25, -0.2) is 0 Å². The summed E-state index contributed by atoms with van der Waals surface area (Å²) in [5, 5.41) is 9.35. The van der Waals surface area contributed by atoms with Gasteiger partial charge in [0.05, 0.1) is 11.5 Å². The van der Waals surface area contributed by atoms with Crippen LogP contribution in [0.1, 0.15) is 42.1 Å². The predicted molar refractivity (Wildman–Crippen MR) is 93.4 cm³/mol. The predicted octanol–water partition coefficient (Wildman–Crippen LogP) is 2.78. The number of carboxylic acid groups (broad SMARTS) is 1. The van der Waals surface area contributed by atoms with Crippen LogP contribution < -0.4 is 4.90 Å². The monoisotopic (exact) mass is 330 g/mol. The highest BCUT2D eigenvalue weighted by atomic mass is 16.4. The molecule has 0 aromatic heterocycles. The molecular weight excluding hydrogens is 304 g/mol. The zero-order valence-corrected chi connectivity index (χ0v) is 14.5. The van der Waals surface area contributed by atoms with E-state index in [0.29, 0.717) is 19.5 Å². The molecule has 3 rings (SSSR count). The molecule has 5 nitrogen and oxygen atoms in total. The number of rotatable bonds is 3. The maximum atomic E-state index is 13.1. The van der Waals surface area contributed by atoms with Crippen molar-refractivity contribution < 1.29 is 14.7 Å². The summed E-state index contributed by atoms with van der Waals surface area (Å²) < 4.78 is 0. The molecule has 2 heterocycles. The van der Waals surface area contributed by atoms with Crippen LogP contribution in [0.25, 0.3) is 0 Å². The first-order valence-corrected chi connectivity index (χ1v) is 8.83. The molecule has 1 aromatic rings. The zero-order valence-electron chi connectivity index (χ0n) is 14.5. The summed E-state index contributed by atoms with van der Waals surface area (Å²) >= 11 is 0. The van der Waals surface area contributed by atoms with Crippen molar-refractivity contribution >= 4 is 17.6 Å². The standard InChI is InChI=1S/C19H26N2O3/c1-13-5-6-17(20-7-3-4-8-20)16(10-13)18(22)21-11-14(2)9-15(12-21)19(23)24/h5-6,10,14-15H,3-4,7-9,11-12H2,1-2H3,(H,23,24). The van der Waals surface area contributed by atoms with Gasteiger partial charge in [0.25, 0.3) is 5.91 Å². The summed E-state index contributed by atoms with van der Waals surface area (Å²) in [5.74, 6) is -1.08. The van der Waals surface area contributed by atoms with Gasteiger partial charge in [0.15, 0.2) is 0 Å². The van der Waals surface area contributed by atoms with E-state index in [1.54, 1.807) is 4.90 Å². The molecule has 1 amide bonds. The minimum atomic E-state index is -0.802. The van der Waals surface area contributed by atoms with E-state index in [-0.39, 0.29) is 11.8 Å². The third-order valence-electron chi connectivity index (χ3n) is 5.13. The number of carboxylic acids is 1. The van der Waals surface area contributed by atoms with Crippen LogP contribution in [0.5, 0.6) is 0 Å². The molecular formula is C19H26N2O3. The fraction of sp³-hybridized carbons (Fsp3) is 0.579. The van der Waals surface area contributed by atoms with E-state index in [2.05, 4.69) is 4.90 Å². The van der Waals surface area contributed by atoms with Crippen molar-refractivity contribution in [3.63, 3.8) is 0 Å². The lowest BCUT2D eigenvalue weighted by Gasteiger charge is -2.35. The van der Waals surface area contributed by atoms with E-state index >= 15 is 0 Å². The Labute approximate surface area is 143 Å². The van der Waals surface area contributed by atoms with Gasteiger partial charge in [-0.15, -0.1) is 0 Å². The molecule has 0 spiro atoms. The highest BCUT2D eigenvalue weighted by molar-refractivity contribution is 6.00. The van der Waals surface area contributed by atoms with E-state index in [1.807, 2.05) is 32.0 Å². The fourth-order valence-corrected chi connectivity index (χ4v) is 3.92. The number of nitrogens with zero attached hydrogens (tertiary/aromatic N) is 2. The maximum Gasteiger partial charge on any atom is 0.308 e. The van der Waals surface area contributed by atoms with Crippen LogP contribution in [0.15, 0.2) is 18.2 Å². The highest BCUT2D eigenvalue weighted by Crippen LogP contribution is 2.29. The number of carbonyl (C=O) groups is 2. The highest BCUT2D eigenvalue weighted by Gasteiger charge is 2.33. The van der Waals surface area contributed by atoms with Crippen molar-refractivity contribution in [3.8, 4) is 0 Å². The minimum absolute atomic E-state index is 0.0293. The first kappa shape index (κ1) is 16.8. The Bertz CT molecular complexity index is 637. The molecule has 5 heteroatoms. The molecule has 2 aliphatic rings. The normalized spacial score (nSPS) is 24.2. The molecule has 0 radical (unpaired) electrons. The van der Waals surface area contributed by atoms with Crippen LogP contribution in [0.2, 0.25) is 0 Å². The first-order valence-electron chi connectivity index (χ1n) is 8.83. The molecule has 2 saturated heterocycles. The number of amides is 1. The Morgan fingerprint density at radius 3 is 2.54 bits per heavy atom. The van der Waals surface area contributed by atoms with Gasteiger partial charge >= 0.3 is 5.97 Å². The first-order chi connectivity index (χ1) is 11.5. The summed E-state index contributed by atoms with van der Waals surface area (Å²) in [5.41, 5.74) is 2.77. The molecule has 1 N–H and O–H groups in total. The number of aliphatic carboxylic acids is 1. The van der Waals surface area contributed by atoms with Crippen molar-refractivity contribution in [2.45, 2.75) is 33.1 Å². The van der Waals surface area contributed by atoms with Gasteiger partial charge in [0, 0.05) is 31.9 Å². The summed E-state index contributed by atoms with van der Waals surface area (Å²) in [7, 11) is 0. The number of benzene rings is 1. The summed E-state index contributed by atoms with van der Waals surface area (Å²) in [6, 6.07) is 6.03. The Kier molecular flexibility index (Phi) is 4.78. The molecule has 2 fully saturated rings. The van der Waals surface area contributed by atoms with Gasteiger partial charge in [0.1, 0.15) is 0 Å². The average Bonchev–Trinajstić information content (AvgIpc) is 3.07. The van der Waals surface area contributed by atoms with Crippen LogP contribution in [-0.2, 0) is 4.79 Å². The number of aryl methyl sites for hydroxylation is 1. The second-order valence-electron chi connectivity index (χ2n) is 7.30. The molecule has 2 aliphatic heterocycles. The summed E-state index contributed by atoms with van der Waals surface area (Å²) in [6.45, 7) is 6.92. The molecule has 0 bridgehead atoms. The molecule has 130 valence electrons. The molecule has 0 aliphatic carbocycles. The summed E-state index contributed by atoms with van der Waals surface area (Å²) in [6.07, 6.45) is 2.96. The number of hydrogen-bond acceptors (Lipinski definition) is 3. The van der Waals surface area contributed by atoms with Crippen molar-refractivity contribution in [1.29, 1.82) is 0 Å². The lowest BCUT2D eigenvalue weighted by molar-refractivity contribution is -0.143. The topological polar surface area (TPSA) is 60.9 Å². The number of carbonyl (C=O) groups excluding carboxylic acids is 1. The van der Waals surface area contributed by atoms with E-state index in [9.17, 15) is 14.7 Å². The molecule has 2 unspecified atom stereocenters. The fourth-order valence-electron chi connectivity index (χ4n) is 3.92. The van der Waals surface area contributed by atoms with Crippen molar-refractivity contribution in [2.24, 2.45) is 11.8 Å². The van der Waals surface area contributed by atoms with Gasteiger partial charge in [-0.05, 0) is 44.2 Å². The second kappa shape index (κ2) is 6.83. The van der Waals surface area contributed by atoms with Gasteiger partial charge in [0.2, 0.25) is 0 Å². The van der Waals surface area contributed by atoms with E-state index in [0.717, 1.165) is 42.7 Å². The Hall–Kier alpha value is -2.04. The lowest BCUT2D eigenvalue weighted by atomic mass is 9.90. The van der Waals surface area contributed by atoms with Crippen molar-refractivity contribution in [2.75, 3.05) is 31.1 Å². The molecule has 2 atom stereocenters. The number of hydrogen-bond donors (Lipinski definition) is 1. The van der Waals surface area contributed by atoms with Gasteiger partial charge in [-0.1, -0.05) is 18.6 Å². The molecule has 0 saturated carbocycles. The second-order valence-corrected chi connectivity index (χ2v) is 7.30. The van der Waals surface area contributed by atoms with Gasteiger partial charge in [-0.3, -0.25) is 9.59 Å². The van der Waals surface area contributed by atoms with Crippen molar-refractivity contribution in [3.05, 3.63) is 29.3 Å². The van der Waals surface area contributed by atoms with Gasteiger partial charge in [-0.2, -0.15) is 0 Å². The SMILES string of the molecule is Cc1ccc(N2CCCC2)c(C(=O)N2CC(C)CC(C(=O)O)C2)c1. The number of anilines is 1. The van der Waals surface area contributed by atoms with Crippen LogP contribution in [0.3, 0.4) is 0 Å². The van der Waals surface area contributed by atoms with Gasteiger partial charge < -0.3 is 14.9 Å². The smallest absolute Gasteiger partial charge is 0.308 e. The average molecular weight is 330 g/mol. The Morgan fingerprint density at radius 1 is 1.17 bits per heavy atom. The van der Waals surface area contributed by atoms with E-state index in [4.69, 9.17) is 0 Å². The minimum Gasteiger partial charge on any atom is -0.481 e. The van der Waals surface area contributed by atoms with E-state index in [1.165, 1.54) is 0 Å². The third-order valence-corrected chi connectivity index (χ3v) is 5.13. The Balaban J connectivity index is 1.88. The Morgan fingerprint density at radius 2 is 1.88 bits per heavy atom. The van der Waals surface area contributed by atoms with Crippen LogP contribution in [0, 0.1) is 18.8 Å². The van der Waals surface area contributed by atoms with Crippen LogP contribution in [0.4, 0.5) is 5.69 Å². The number of likely N-dealkylation sites (tertiary alicyclic amines) is 1. The quantitative estimate of drug-likeness (QED) is 0.926. The maximum absolute atomic E-state index is 13.1. The van der Waals surface area contributed by atoms with Crippen molar-refractivity contribution in [1.82, 2.24) is 4.90 Å². The largest absolute Gasteiger partial charge is 0.481 e. The van der Waals surface area contributed by atoms with Crippen LogP contribution in [-0.4, -0.2) is 48.1 Å². The lowest BCUT2D eigenvalue weighted by Crippen LogP contribution is -2.45. The third kappa shape index (κ3) is 3.40.